The molecule has 0 heterocycles. The summed E-state index contributed by atoms with van der Waals surface area (Å²) in [5.74, 6) is -0.984. The molecule has 0 amide bonds. The lowest BCUT2D eigenvalue weighted by molar-refractivity contribution is 0.344. The van der Waals surface area contributed by atoms with Crippen molar-refractivity contribution in [2.24, 2.45) is 5.41 Å². The Hall–Kier alpha value is -0.960. The smallest absolute Gasteiger partial charge is 0.129 e. The minimum Gasteiger partial charge on any atom is -0.319 e. The lowest BCUT2D eigenvalue weighted by atomic mass is 9.85. The van der Waals surface area contributed by atoms with Gasteiger partial charge in [0.05, 0.1) is 0 Å². The lowest BCUT2D eigenvalue weighted by Gasteiger charge is -2.24. The highest BCUT2D eigenvalue weighted by molar-refractivity contribution is 5.19. The molecule has 0 aromatic heterocycles. The average Bonchev–Trinajstić information content (AvgIpc) is 2.09. The summed E-state index contributed by atoms with van der Waals surface area (Å²) in [5.41, 5.74) is 0.532. The predicted octanol–water partition coefficient (Wildman–Crippen LogP) is 2.75. The number of rotatable bonds is 4. The molecule has 15 heavy (non-hydrogen) atoms. The van der Waals surface area contributed by atoms with E-state index in [0.717, 1.165) is 12.6 Å². The summed E-state index contributed by atoms with van der Waals surface area (Å²) in [4.78, 5) is 0. The van der Waals surface area contributed by atoms with Crippen molar-refractivity contribution in [3.05, 3.63) is 35.4 Å². The van der Waals surface area contributed by atoms with Gasteiger partial charge in [0, 0.05) is 12.6 Å². The number of halogens is 2. The molecular weight excluding hydrogens is 196 g/mol. The zero-order valence-corrected chi connectivity index (χ0v) is 9.40. The van der Waals surface area contributed by atoms with Crippen molar-refractivity contribution in [3.8, 4) is 0 Å². The van der Waals surface area contributed by atoms with E-state index in [9.17, 15) is 8.78 Å². The van der Waals surface area contributed by atoms with Crippen LogP contribution in [0.2, 0.25) is 0 Å². The lowest BCUT2D eigenvalue weighted by Crippen LogP contribution is -2.29. The molecule has 1 N–H and O–H groups in total. The van der Waals surface area contributed by atoms with Crippen molar-refractivity contribution in [2.75, 3.05) is 13.6 Å². The number of hydrogen-bond acceptors (Lipinski definition) is 1. The van der Waals surface area contributed by atoms with Crippen molar-refractivity contribution < 1.29 is 8.78 Å². The largest absolute Gasteiger partial charge is 0.319 e. The molecule has 0 spiro atoms. The Balaban J connectivity index is 2.80. The van der Waals surface area contributed by atoms with Crippen LogP contribution in [-0.2, 0) is 6.42 Å². The van der Waals surface area contributed by atoms with Gasteiger partial charge in [-0.15, -0.1) is 0 Å². The fourth-order valence-corrected chi connectivity index (χ4v) is 1.72. The van der Waals surface area contributed by atoms with Crippen molar-refractivity contribution in [1.82, 2.24) is 5.32 Å². The van der Waals surface area contributed by atoms with E-state index in [1.807, 2.05) is 20.9 Å². The van der Waals surface area contributed by atoms with Crippen molar-refractivity contribution >= 4 is 0 Å². The second-order valence-electron chi connectivity index (χ2n) is 4.61. The van der Waals surface area contributed by atoms with Gasteiger partial charge in [0.2, 0.25) is 0 Å². The van der Waals surface area contributed by atoms with E-state index in [1.54, 1.807) is 0 Å². The summed E-state index contributed by atoms with van der Waals surface area (Å²) < 4.78 is 26.0. The molecule has 0 saturated heterocycles. The molecule has 1 nitrogen and oxygen atoms in total. The summed E-state index contributed by atoms with van der Waals surface area (Å²) in [6.07, 6.45) is 0.597. The minimum atomic E-state index is -0.525. The van der Waals surface area contributed by atoms with Gasteiger partial charge in [0.25, 0.3) is 0 Å². The van der Waals surface area contributed by atoms with E-state index in [-0.39, 0.29) is 5.41 Å². The number of nitrogens with one attached hydrogen (secondary N) is 1. The van der Waals surface area contributed by atoms with Gasteiger partial charge in [-0.05, 0) is 30.5 Å². The second-order valence-corrected chi connectivity index (χ2v) is 4.61. The summed E-state index contributed by atoms with van der Waals surface area (Å²) >= 11 is 0. The van der Waals surface area contributed by atoms with E-state index >= 15 is 0 Å². The number of hydrogen-bond donors (Lipinski definition) is 1. The van der Waals surface area contributed by atoms with Crippen LogP contribution < -0.4 is 5.32 Å². The van der Waals surface area contributed by atoms with Gasteiger partial charge in [0.1, 0.15) is 11.6 Å². The van der Waals surface area contributed by atoms with Crippen LogP contribution in [0.15, 0.2) is 18.2 Å². The topological polar surface area (TPSA) is 12.0 Å². The molecule has 0 saturated carbocycles. The molecule has 0 fully saturated rings. The Morgan fingerprint density at radius 3 is 2.47 bits per heavy atom. The first kappa shape index (κ1) is 12.1. The first-order valence-electron chi connectivity index (χ1n) is 5.03. The Labute approximate surface area is 89.5 Å². The van der Waals surface area contributed by atoms with Crippen molar-refractivity contribution in [1.29, 1.82) is 0 Å². The molecular formula is C12H17F2N. The highest BCUT2D eigenvalue weighted by atomic mass is 19.1. The molecule has 84 valence electrons. The van der Waals surface area contributed by atoms with Crippen molar-refractivity contribution in [2.45, 2.75) is 20.3 Å². The van der Waals surface area contributed by atoms with E-state index < -0.39 is 11.6 Å². The summed E-state index contributed by atoms with van der Waals surface area (Å²) in [6.45, 7) is 4.89. The summed E-state index contributed by atoms with van der Waals surface area (Å²) in [5, 5.41) is 3.06. The zero-order valence-electron chi connectivity index (χ0n) is 9.40. The maximum Gasteiger partial charge on any atom is 0.129 e. The third kappa shape index (κ3) is 3.59. The highest BCUT2D eigenvalue weighted by Gasteiger charge is 2.19. The molecule has 0 atom stereocenters. The van der Waals surface area contributed by atoms with Crippen LogP contribution in [0.25, 0.3) is 0 Å². The third-order valence-corrected chi connectivity index (χ3v) is 2.34. The fourth-order valence-electron chi connectivity index (χ4n) is 1.72. The average molecular weight is 213 g/mol. The Bertz CT molecular complexity index is 334. The molecule has 0 bridgehead atoms. The summed E-state index contributed by atoms with van der Waals surface area (Å²) in [6, 6.07) is 3.75. The minimum absolute atomic E-state index is 0.0343. The van der Waals surface area contributed by atoms with Gasteiger partial charge < -0.3 is 5.32 Å². The third-order valence-electron chi connectivity index (χ3n) is 2.34. The second kappa shape index (κ2) is 4.71. The Morgan fingerprint density at radius 2 is 1.93 bits per heavy atom. The number of benzene rings is 1. The molecule has 1 rings (SSSR count). The zero-order chi connectivity index (χ0) is 11.5. The van der Waals surface area contributed by atoms with Crippen molar-refractivity contribution in [3.63, 3.8) is 0 Å². The van der Waals surface area contributed by atoms with Gasteiger partial charge in [-0.2, -0.15) is 0 Å². The van der Waals surface area contributed by atoms with E-state index in [0.29, 0.717) is 12.0 Å². The summed E-state index contributed by atoms with van der Waals surface area (Å²) in [7, 11) is 1.86. The molecule has 0 aliphatic carbocycles. The Kier molecular flexibility index (Phi) is 3.80. The first-order valence-corrected chi connectivity index (χ1v) is 5.03. The van der Waals surface area contributed by atoms with Gasteiger partial charge in [-0.1, -0.05) is 19.9 Å². The van der Waals surface area contributed by atoms with Gasteiger partial charge in [-0.3, -0.25) is 0 Å². The van der Waals surface area contributed by atoms with Crippen LogP contribution in [0.4, 0.5) is 8.78 Å². The van der Waals surface area contributed by atoms with Crippen LogP contribution in [0.3, 0.4) is 0 Å². The molecule has 0 radical (unpaired) electrons. The van der Waals surface area contributed by atoms with E-state index in [2.05, 4.69) is 5.32 Å². The quantitative estimate of drug-likeness (QED) is 0.811. The molecule has 0 unspecified atom stereocenters. The molecule has 0 aliphatic heterocycles. The SMILES string of the molecule is CNCC(C)(C)Cc1ccc(F)cc1F. The molecule has 3 heteroatoms. The molecule has 1 aromatic carbocycles. The monoisotopic (exact) mass is 213 g/mol. The van der Waals surface area contributed by atoms with Crippen LogP contribution in [0.1, 0.15) is 19.4 Å². The molecule has 1 aromatic rings. The normalized spacial score (nSPS) is 11.8. The van der Waals surface area contributed by atoms with Crippen LogP contribution in [0.5, 0.6) is 0 Å². The maximum absolute atomic E-state index is 13.4. The van der Waals surface area contributed by atoms with E-state index in [4.69, 9.17) is 0 Å². The predicted molar refractivity (Wildman–Crippen MR) is 57.8 cm³/mol. The highest BCUT2D eigenvalue weighted by Crippen LogP contribution is 2.22. The van der Waals surface area contributed by atoms with Gasteiger partial charge in [-0.25, -0.2) is 8.78 Å². The Morgan fingerprint density at radius 1 is 1.27 bits per heavy atom. The standard InChI is InChI=1S/C12H17F2N/c1-12(2,8-15-3)7-9-4-5-10(13)6-11(9)14/h4-6,15H,7-8H2,1-3H3. The van der Waals surface area contributed by atoms with Crippen LogP contribution >= 0.6 is 0 Å². The van der Waals surface area contributed by atoms with E-state index in [1.165, 1.54) is 12.1 Å². The van der Waals surface area contributed by atoms with Crippen LogP contribution in [-0.4, -0.2) is 13.6 Å². The maximum atomic E-state index is 13.4. The first-order chi connectivity index (χ1) is 6.94. The fraction of sp³-hybridized carbons (Fsp3) is 0.500. The van der Waals surface area contributed by atoms with Crippen LogP contribution in [0, 0.1) is 17.0 Å². The van der Waals surface area contributed by atoms with Gasteiger partial charge in [0.15, 0.2) is 0 Å². The van der Waals surface area contributed by atoms with Gasteiger partial charge >= 0.3 is 0 Å². The molecule has 0 aliphatic rings.